The topological polar surface area (TPSA) is 130 Å². The summed E-state index contributed by atoms with van der Waals surface area (Å²) in [4.78, 5) is 10.5. The SMILES string of the molecule is Cc1cccc(NS(=O)(=O)c2ccc(C)c(NS(=O)(=O)c3ccc(/C=C/C(=O)O)cc3)c2)c1. The maximum atomic E-state index is 12.8. The number of carboxylic acids is 1. The van der Waals surface area contributed by atoms with Gasteiger partial charge in [-0.05, 0) is 73.0 Å². The maximum absolute atomic E-state index is 12.8. The van der Waals surface area contributed by atoms with Crippen LogP contribution in [-0.4, -0.2) is 27.9 Å². The van der Waals surface area contributed by atoms with Crippen molar-refractivity contribution in [2.75, 3.05) is 9.44 Å². The summed E-state index contributed by atoms with van der Waals surface area (Å²) in [6.07, 6.45) is 2.29. The third-order valence-electron chi connectivity index (χ3n) is 4.64. The van der Waals surface area contributed by atoms with E-state index in [1.807, 2.05) is 13.0 Å². The number of aliphatic carboxylic acids is 1. The van der Waals surface area contributed by atoms with Crippen molar-refractivity contribution in [2.45, 2.75) is 23.6 Å². The molecule has 0 radical (unpaired) electrons. The van der Waals surface area contributed by atoms with Crippen LogP contribution in [0.4, 0.5) is 11.4 Å². The zero-order chi connectivity index (χ0) is 24.2. The third-order valence-corrected chi connectivity index (χ3v) is 7.40. The van der Waals surface area contributed by atoms with Crippen LogP contribution in [0.2, 0.25) is 0 Å². The second-order valence-electron chi connectivity index (χ2n) is 7.30. The smallest absolute Gasteiger partial charge is 0.328 e. The van der Waals surface area contributed by atoms with Crippen molar-refractivity contribution < 1.29 is 26.7 Å². The summed E-state index contributed by atoms with van der Waals surface area (Å²) < 4.78 is 56.2. The summed E-state index contributed by atoms with van der Waals surface area (Å²) in [5.74, 6) is -1.12. The van der Waals surface area contributed by atoms with E-state index < -0.39 is 26.0 Å². The summed E-state index contributed by atoms with van der Waals surface area (Å²) in [6, 6.07) is 16.6. The van der Waals surface area contributed by atoms with Crippen molar-refractivity contribution in [3.05, 3.63) is 89.5 Å². The molecule has 0 saturated carbocycles. The molecule has 0 heterocycles. The standard InChI is InChI=1S/C23H22N2O6S2/c1-16-4-3-5-19(14-16)24-33(30,31)21-10-6-17(2)22(15-21)25-32(28,29)20-11-7-18(8-12-20)9-13-23(26)27/h3-15,24-25H,1-2H3,(H,26,27)/b13-9+. The van der Waals surface area contributed by atoms with Gasteiger partial charge in [-0.1, -0.05) is 30.3 Å². The average Bonchev–Trinajstić information content (AvgIpc) is 2.73. The van der Waals surface area contributed by atoms with Gasteiger partial charge in [0.25, 0.3) is 20.0 Å². The maximum Gasteiger partial charge on any atom is 0.328 e. The summed E-state index contributed by atoms with van der Waals surface area (Å²) in [7, 11) is -7.97. The van der Waals surface area contributed by atoms with Crippen molar-refractivity contribution in [3.63, 3.8) is 0 Å². The highest BCUT2D eigenvalue weighted by Gasteiger charge is 2.19. The lowest BCUT2D eigenvalue weighted by atomic mass is 10.2. The number of anilines is 2. The van der Waals surface area contributed by atoms with Crippen molar-refractivity contribution in [3.8, 4) is 0 Å². The Morgan fingerprint density at radius 3 is 2.09 bits per heavy atom. The Morgan fingerprint density at radius 1 is 0.818 bits per heavy atom. The zero-order valence-corrected chi connectivity index (χ0v) is 19.4. The molecule has 0 fully saturated rings. The second kappa shape index (κ2) is 9.47. The lowest BCUT2D eigenvalue weighted by Gasteiger charge is -2.14. The van der Waals surface area contributed by atoms with E-state index in [1.54, 1.807) is 25.1 Å². The first-order valence-electron chi connectivity index (χ1n) is 9.70. The van der Waals surface area contributed by atoms with E-state index in [-0.39, 0.29) is 15.5 Å². The largest absolute Gasteiger partial charge is 0.478 e. The van der Waals surface area contributed by atoms with E-state index in [2.05, 4.69) is 9.44 Å². The Hall–Kier alpha value is -3.63. The van der Waals surface area contributed by atoms with Gasteiger partial charge >= 0.3 is 5.97 Å². The van der Waals surface area contributed by atoms with Crippen LogP contribution < -0.4 is 9.44 Å². The molecule has 3 N–H and O–H groups in total. The van der Waals surface area contributed by atoms with E-state index in [1.165, 1.54) is 48.5 Å². The molecule has 3 aromatic carbocycles. The monoisotopic (exact) mass is 486 g/mol. The van der Waals surface area contributed by atoms with Crippen LogP contribution in [0.1, 0.15) is 16.7 Å². The van der Waals surface area contributed by atoms with Crippen LogP contribution in [-0.2, 0) is 24.8 Å². The van der Waals surface area contributed by atoms with Crippen molar-refractivity contribution in [1.82, 2.24) is 0 Å². The molecular weight excluding hydrogens is 464 g/mol. The molecule has 10 heteroatoms. The van der Waals surface area contributed by atoms with E-state index in [9.17, 15) is 21.6 Å². The third kappa shape index (κ3) is 6.21. The van der Waals surface area contributed by atoms with Crippen LogP contribution >= 0.6 is 0 Å². The first kappa shape index (κ1) is 24.0. The summed E-state index contributed by atoms with van der Waals surface area (Å²) in [6.45, 7) is 3.49. The molecule has 0 aliphatic heterocycles. The van der Waals surface area contributed by atoms with Crippen LogP contribution in [0, 0.1) is 13.8 Å². The summed E-state index contributed by atoms with van der Waals surface area (Å²) >= 11 is 0. The second-order valence-corrected chi connectivity index (χ2v) is 10.7. The number of sulfonamides is 2. The quantitative estimate of drug-likeness (QED) is 0.413. The van der Waals surface area contributed by atoms with Gasteiger partial charge in [0.15, 0.2) is 0 Å². The van der Waals surface area contributed by atoms with E-state index in [0.29, 0.717) is 16.8 Å². The number of hydrogen-bond acceptors (Lipinski definition) is 5. The highest BCUT2D eigenvalue weighted by atomic mass is 32.2. The van der Waals surface area contributed by atoms with E-state index >= 15 is 0 Å². The predicted octanol–water partition coefficient (Wildman–Crippen LogP) is 4.00. The molecule has 3 rings (SSSR count). The molecule has 3 aromatic rings. The van der Waals surface area contributed by atoms with Crippen LogP contribution in [0.3, 0.4) is 0 Å². The minimum Gasteiger partial charge on any atom is -0.478 e. The molecule has 0 bridgehead atoms. The first-order chi connectivity index (χ1) is 15.5. The van der Waals surface area contributed by atoms with Gasteiger partial charge in [-0.15, -0.1) is 0 Å². The van der Waals surface area contributed by atoms with Crippen molar-refractivity contribution in [1.29, 1.82) is 0 Å². The first-order valence-corrected chi connectivity index (χ1v) is 12.7. The highest BCUT2D eigenvalue weighted by Crippen LogP contribution is 2.25. The number of nitrogens with one attached hydrogen (secondary N) is 2. The Balaban J connectivity index is 1.86. The molecule has 172 valence electrons. The predicted molar refractivity (Wildman–Crippen MR) is 127 cm³/mol. The molecular formula is C23H22N2O6S2. The summed E-state index contributed by atoms with van der Waals surface area (Å²) in [5.41, 5.74) is 2.46. The van der Waals surface area contributed by atoms with E-state index in [0.717, 1.165) is 11.6 Å². The molecule has 0 atom stereocenters. The van der Waals surface area contributed by atoms with Gasteiger partial charge in [-0.3, -0.25) is 9.44 Å². The molecule has 0 aromatic heterocycles. The van der Waals surface area contributed by atoms with Crippen LogP contribution in [0.25, 0.3) is 6.08 Å². The average molecular weight is 487 g/mol. The number of rotatable bonds is 8. The lowest BCUT2D eigenvalue weighted by Crippen LogP contribution is -2.16. The minimum atomic E-state index is -4.02. The van der Waals surface area contributed by atoms with Gasteiger partial charge in [-0.25, -0.2) is 21.6 Å². The van der Waals surface area contributed by atoms with Gasteiger partial charge in [0.2, 0.25) is 0 Å². The molecule has 0 unspecified atom stereocenters. The number of carboxylic acid groups (broad SMARTS) is 1. The zero-order valence-electron chi connectivity index (χ0n) is 17.8. The number of carbonyl (C=O) groups is 1. The Kier molecular flexibility index (Phi) is 6.89. The summed E-state index contributed by atoms with van der Waals surface area (Å²) in [5, 5.41) is 8.68. The molecule has 0 aliphatic rings. The van der Waals surface area contributed by atoms with Gasteiger partial charge in [0.1, 0.15) is 0 Å². The molecule has 0 saturated heterocycles. The highest BCUT2D eigenvalue weighted by molar-refractivity contribution is 7.93. The fourth-order valence-corrected chi connectivity index (χ4v) is 5.13. The number of aryl methyl sites for hydroxylation is 2. The fraction of sp³-hybridized carbons (Fsp3) is 0.0870. The fourth-order valence-electron chi connectivity index (χ4n) is 2.93. The molecule has 0 spiro atoms. The van der Waals surface area contributed by atoms with E-state index in [4.69, 9.17) is 5.11 Å². The Bertz CT molecular complexity index is 1430. The van der Waals surface area contributed by atoms with Gasteiger partial charge < -0.3 is 5.11 Å². The van der Waals surface area contributed by atoms with Crippen molar-refractivity contribution >= 4 is 43.5 Å². The van der Waals surface area contributed by atoms with Gasteiger partial charge in [-0.2, -0.15) is 0 Å². The normalized spacial score (nSPS) is 11.9. The lowest BCUT2D eigenvalue weighted by molar-refractivity contribution is -0.131. The molecule has 33 heavy (non-hydrogen) atoms. The van der Waals surface area contributed by atoms with Crippen molar-refractivity contribution in [2.24, 2.45) is 0 Å². The number of benzene rings is 3. The van der Waals surface area contributed by atoms with Gasteiger partial charge in [0, 0.05) is 11.8 Å². The molecule has 8 nitrogen and oxygen atoms in total. The Labute approximate surface area is 192 Å². The Morgan fingerprint density at radius 2 is 1.45 bits per heavy atom. The molecule has 0 amide bonds. The van der Waals surface area contributed by atoms with Crippen LogP contribution in [0.5, 0.6) is 0 Å². The van der Waals surface area contributed by atoms with Crippen LogP contribution in [0.15, 0.2) is 82.6 Å². The molecule has 0 aliphatic carbocycles. The van der Waals surface area contributed by atoms with Gasteiger partial charge in [0.05, 0.1) is 15.5 Å². The minimum absolute atomic E-state index is 0.0551. The number of hydrogen-bond donors (Lipinski definition) is 3.